The fourth-order valence-corrected chi connectivity index (χ4v) is 1.92. The fourth-order valence-electron chi connectivity index (χ4n) is 0.897. The molecular formula is C8H14Br4. The molecule has 0 fully saturated rings. The van der Waals surface area contributed by atoms with Crippen LogP contribution in [0.2, 0.25) is 0 Å². The van der Waals surface area contributed by atoms with Crippen molar-refractivity contribution < 1.29 is 0 Å². The Labute approximate surface area is 109 Å². The summed E-state index contributed by atoms with van der Waals surface area (Å²) >= 11 is 14.2. The van der Waals surface area contributed by atoms with E-state index < -0.39 is 0 Å². The van der Waals surface area contributed by atoms with Gasteiger partial charge in [-0.3, -0.25) is 0 Å². The molecule has 4 heteroatoms. The van der Waals surface area contributed by atoms with Gasteiger partial charge < -0.3 is 0 Å². The number of rotatable bonds is 6. The van der Waals surface area contributed by atoms with Gasteiger partial charge in [0.05, 0.1) is 3.74 Å². The topological polar surface area (TPSA) is 0 Å². The van der Waals surface area contributed by atoms with Crippen LogP contribution in [0.5, 0.6) is 0 Å². The van der Waals surface area contributed by atoms with Crippen molar-refractivity contribution in [3.05, 3.63) is 0 Å². The van der Waals surface area contributed by atoms with Crippen molar-refractivity contribution in [1.29, 1.82) is 0 Å². The van der Waals surface area contributed by atoms with Crippen LogP contribution < -0.4 is 0 Å². The van der Waals surface area contributed by atoms with Crippen LogP contribution in [0.25, 0.3) is 0 Å². The van der Waals surface area contributed by atoms with Gasteiger partial charge in [-0.15, -0.1) is 0 Å². The second kappa shape index (κ2) is 7.24. The van der Waals surface area contributed by atoms with E-state index in [0.29, 0.717) is 0 Å². The molecule has 0 unspecified atom stereocenters. The quantitative estimate of drug-likeness (QED) is 0.383. The van der Waals surface area contributed by atoms with Crippen molar-refractivity contribution >= 4 is 63.7 Å². The van der Waals surface area contributed by atoms with E-state index in [9.17, 15) is 0 Å². The highest BCUT2D eigenvalue weighted by molar-refractivity contribution is 9.30. The maximum atomic E-state index is 3.62. The highest BCUT2D eigenvalue weighted by Gasteiger charge is 2.28. The van der Waals surface area contributed by atoms with Gasteiger partial charge in [-0.1, -0.05) is 96.3 Å². The zero-order valence-corrected chi connectivity index (χ0v) is 13.5. The molecule has 0 aliphatic carbocycles. The van der Waals surface area contributed by atoms with E-state index in [0.717, 1.165) is 6.42 Å². The van der Waals surface area contributed by atoms with E-state index in [1.54, 1.807) is 0 Å². The minimum Gasteiger partial charge on any atom is -0.0740 e. The van der Waals surface area contributed by atoms with E-state index in [2.05, 4.69) is 70.6 Å². The summed E-state index contributed by atoms with van der Waals surface area (Å²) < 4.78 is 0.285. The van der Waals surface area contributed by atoms with Crippen LogP contribution in [0.4, 0.5) is 0 Å². The lowest BCUT2D eigenvalue weighted by molar-refractivity contribution is 0.623. The largest absolute Gasteiger partial charge is 0.103 e. The molecule has 0 amide bonds. The Morgan fingerprint density at radius 3 is 2.08 bits per heavy atom. The summed E-state index contributed by atoms with van der Waals surface area (Å²) in [5, 5.41) is 0. The number of alkyl halides is 4. The van der Waals surface area contributed by atoms with Crippen LogP contribution in [0.15, 0.2) is 0 Å². The molecule has 0 aromatic heterocycles. The average molecular weight is 430 g/mol. The molecule has 12 heavy (non-hydrogen) atoms. The van der Waals surface area contributed by atoms with Crippen LogP contribution >= 0.6 is 63.7 Å². The van der Waals surface area contributed by atoms with Crippen molar-refractivity contribution in [3.63, 3.8) is 0 Å². The Morgan fingerprint density at radius 1 is 1.08 bits per heavy atom. The molecular weight excluding hydrogens is 416 g/mol. The van der Waals surface area contributed by atoms with Crippen LogP contribution in [0.3, 0.4) is 0 Å². The Morgan fingerprint density at radius 2 is 1.67 bits per heavy atom. The lowest BCUT2D eigenvalue weighted by Crippen LogP contribution is -2.19. The van der Waals surface area contributed by atoms with Crippen molar-refractivity contribution in [1.82, 2.24) is 0 Å². The first-order chi connectivity index (χ1) is 5.50. The highest BCUT2D eigenvalue weighted by Crippen LogP contribution is 2.42. The van der Waals surface area contributed by atoms with E-state index in [1.807, 2.05) is 0 Å². The predicted molar refractivity (Wildman–Crippen MR) is 71.0 cm³/mol. The molecule has 0 spiro atoms. The zero-order chi connectivity index (χ0) is 9.61. The molecule has 0 radical (unpaired) electrons. The van der Waals surface area contributed by atoms with E-state index in [1.165, 1.54) is 25.7 Å². The Balaban J connectivity index is 3.47. The minimum absolute atomic E-state index is 0.00768. The molecule has 0 bridgehead atoms. The molecule has 0 N–H and O–H groups in total. The summed E-state index contributed by atoms with van der Waals surface area (Å²) in [7, 11) is 0. The number of unbranched alkanes of at least 4 members (excludes halogenated alkanes) is 3. The van der Waals surface area contributed by atoms with Gasteiger partial charge >= 0.3 is 0 Å². The second-order valence-corrected chi connectivity index (χ2v) is 9.83. The molecule has 0 saturated carbocycles. The van der Waals surface area contributed by atoms with Crippen molar-refractivity contribution in [2.45, 2.75) is 46.0 Å². The molecule has 74 valence electrons. The van der Waals surface area contributed by atoms with Gasteiger partial charge in [-0.2, -0.15) is 0 Å². The third-order valence-corrected chi connectivity index (χ3v) is 7.41. The molecule has 0 aromatic rings. The van der Waals surface area contributed by atoms with Crippen LogP contribution in [-0.2, 0) is 0 Å². The van der Waals surface area contributed by atoms with Gasteiger partial charge in [0.2, 0.25) is 0 Å². The monoisotopic (exact) mass is 426 g/mol. The maximum absolute atomic E-state index is 3.62. The molecule has 0 aliphatic heterocycles. The van der Waals surface area contributed by atoms with E-state index in [4.69, 9.17) is 0 Å². The van der Waals surface area contributed by atoms with Gasteiger partial charge in [0, 0.05) is 0 Å². The lowest BCUT2D eigenvalue weighted by atomic mass is 10.1. The molecule has 0 nitrogen and oxygen atoms in total. The van der Waals surface area contributed by atoms with Crippen LogP contribution in [-0.4, -0.2) is 6.97 Å². The molecule has 0 rings (SSSR count). The summed E-state index contributed by atoms with van der Waals surface area (Å²) in [6.07, 6.45) is 6.35. The third kappa shape index (κ3) is 6.39. The number of hydrogen-bond acceptors (Lipinski definition) is 0. The van der Waals surface area contributed by atoms with Crippen molar-refractivity contribution in [3.8, 4) is 0 Å². The average Bonchev–Trinajstić information content (AvgIpc) is 1.98. The zero-order valence-electron chi connectivity index (χ0n) is 7.12. The van der Waals surface area contributed by atoms with E-state index >= 15 is 0 Å². The molecule has 0 saturated heterocycles. The van der Waals surface area contributed by atoms with Crippen molar-refractivity contribution in [2.24, 2.45) is 0 Å². The Bertz CT molecular complexity index is 112. The smallest absolute Gasteiger partial charge is 0.0740 e. The molecule has 0 atom stereocenters. The van der Waals surface area contributed by atoms with Crippen LogP contribution in [0.1, 0.15) is 39.0 Å². The van der Waals surface area contributed by atoms with Gasteiger partial charge in [-0.25, -0.2) is 0 Å². The third-order valence-electron chi connectivity index (χ3n) is 1.68. The van der Waals surface area contributed by atoms with E-state index in [-0.39, 0.29) is 6.97 Å². The van der Waals surface area contributed by atoms with Gasteiger partial charge in [0.1, 0.15) is 3.23 Å². The Hall–Kier alpha value is 1.92. The fraction of sp³-hybridized carbons (Fsp3) is 1.00. The summed E-state index contributed by atoms with van der Waals surface area (Å²) in [4.78, 5) is 0. The lowest BCUT2D eigenvalue weighted by Gasteiger charge is -2.21. The van der Waals surface area contributed by atoms with Crippen molar-refractivity contribution in [2.75, 3.05) is 0 Å². The summed E-state index contributed by atoms with van der Waals surface area (Å²) in [6.45, 7) is 2.23. The standard InChI is InChI=1S/C8H14Br4/c1-2-3-4-5-6-8(11,12)7(9)10/h7H,2-6H2,1H3. The first-order valence-corrected chi connectivity index (χ1v) is 7.58. The minimum atomic E-state index is 0.00768. The van der Waals surface area contributed by atoms with Crippen LogP contribution in [0, 0.1) is 0 Å². The number of halogens is 4. The Kier molecular flexibility index (Phi) is 8.40. The molecule has 0 aliphatic rings. The summed E-state index contributed by atoms with van der Waals surface area (Å²) in [5.74, 6) is 0. The SMILES string of the molecule is CCCCCCC(Br)(Br)C(Br)Br. The van der Waals surface area contributed by atoms with Gasteiger partial charge in [-0.05, 0) is 6.42 Å². The highest BCUT2D eigenvalue weighted by atomic mass is 79.9. The summed E-state index contributed by atoms with van der Waals surface area (Å²) in [5.41, 5.74) is 0. The normalized spacial score (nSPS) is 12.5. The number of hydrogen-bond donors (Lipinski definition) is 0. The first-order valence-electron chi connectivity index (χ1n) is 4.16. The predicted octanol–water partition coefficient (Wildman–Crippen LogP) is 5.56. The van der Waals surface area contributed by atoms with Gasteiger partial charge in [0.25, 0.3) is 0 Å². The first kappa shape index (κ1) is 13.9. The molecule has 0 heterocycles. The molecule has 0 aromatic carbocycles. The maximum Gasteiger partial charge on any atom is 0.103 e. The second-order valence-electron chi connectivity index (χ2n) is 2.87. The summed E-state index contributed by atoms with van der Waals surface area (Å²) in [6, 6.07) is 0. The van der Waals surface area contributed by atoms with Gasteiger partial charge in [0.15, 0.2) is 0 Å².